The van der Waals surface area contributed by atoms with E-state index in [0.29, 0.717) is 37.3 Å². The van der Waals surface area contributed by atoms with Gasteiger partial charge in [-0.15, -0.1) is 0 Å². The van der Waals surface area contributed by atoms with Gasteiger partial charge in [-0.05, 0) is 49.1 Å². The summed E-state index contributed by atoms with van der Waals surface area (Å²) >= 11 is 0. The van der Waals surface area contributed by atoms with Crippen LogP contribution in [0.15, 0.2) is 54.6 Å². The lowest BCUT2D eigenvalue weighted by atomic mass is 10.00. The molecule has 164 valence electrons. The number of primary amides is 1. The molecule has 0 atom stereocenters. The summed E-state index contributed by atoms with van der Waals surface area (Å²) in [6, 6.07) is 16.1. The van der Waals surface area contributed by atoms with Crippen LogP contribution in [0.3, 0.4) is 0 Å². The van der Waals surface area contributed by atoms with E-state index in [9.17, 15) is 14.4 Å². The molecular weight excluding hydrogens is 392 g/mol. The van der Waals surface area contributed by atoms with Crippen LogP contribution >= 0.6 is 0 Å². The molecule has 0 radical (unpaired) electrons. The van der Waals surface area contributed by atoms with E-state index in [0.717, 1.165) is 24.8 Å². The molecule has 2 aromatic carbocycles. The van der Waals surface area contributed by atoms with E-state index >= 15 is 0 Å². The summed E-state index contributed by atoms with van der Waals surface area (Å²) < 4.78 is 0. The van der Waals surface area contributed by atoms with Crippen LogP contribution in [0.25, 0.3) is 0 Å². The number of piperidine rings is 1. The van der Waals surface area contributed by atoms with Crippen LogP contribution in [0.4, 0.5) is 4.79 Å². The fourth-order valence-corrected chi connectivity index (χ4v) is 3.95. The van der Waals surface area contributed by atoms with Crippen LogP contribution in [-0.2, 0) is 6.54 Å². The Bertz CT molecular complexity index is 891. The molecule has 31 heavy (non-hydrogen) atoms. The molecule has 7 heteroatoms. The number of hydrogen-bond acceptors (Lipinski definition) is 3. The first-order valence-electron chi connectivity index (χ1n) is 10.8. The Labute approximate surface area is 183 Å². The van der Waals surface area contributed by atoms with E-state index in [-0.39, 0.29) is 17.9 Å². The highest BCUT2D eigenvalue weighted by Gasteiger charge is 2.30. The second-order valence-corrected chi connectivity index (χ2v) is 7.80. The van der Waals surface area contributed by atoms with Crippen LogP contribution in [0.2, 0.25) is 0 Å². The quantitative estimate of drug-likeness (QED) is 0.718. The molecule has 1 heterocycles. The summed E-state index contributed by atoms with van der Waals surface area (Å²) in [4.78, 5) is 40.6. The Hall–Kier alpha value is -3.35. The number of likely N-dealkylation sites (tertiary alicyclic amines) is 1. The zero-order chi connectivity index (χ0) is 22.2. The summed E-state index contributed by atoms with van der Waals surface area (Å²) in [6.07, 6.45) is 2.41. The van der Waals surface area contributed by atoms with Crippen molar-refractivity contribution in [3.8, 4) is 0 Å². The predicted octanol–water partition coefficient (Wildman–Crippen LogP) is 3.01. The van der Waals surface area contributed by atoms with Gasteiger partial charge in [0.1, 0.15) is 0 Å². The summed E-state index contributed by atoms with van der Waals surface area (Å²) in [5.41, 5.74) is 7.31. The van der Waals surface area contributed by atoms with Crippen LogP contribution in [-0.4, -0.2) is 53.3 Å². The first kappa shape index (κ1) is 22.3. The Morgan fingerprint density at radius 1 is 1.00 bits per heavy atom. The van der Waals surface area contributed by atoms with Crippen molar-refractivity contribution in [2.75, 3.05) is 19.6 Å². The molecule has 4 amide bonds. The summed E-state index contributed by atoms with van der Waals surface area (Å²) in [5, 5.41) is 2.54. The Balaban J connectivity index is 1.62. The fraction of sp³-hybridized carbons (Fsp3) is 0.375. The summed E-state index contributed by atoms with van der Waals surface area (Å²) in [7, 11) is 0. The van der Waals surface area contributed by atoms with Gasteiger partial charge in [-0.25, -0.2) is 4.79 Å². The molecular formula is C24H30N4O3. The van der Waals surface area contributed by atoms with Crippen molar-refractivity contribution >= 4 is 17.8 Å². The number of urea groups is 1. The van der Waals surface area contributed by atoms with Gasteiger partial charge in [0.05, 0.1) is 0 Å². The molecule has 0 spiro atoms. The highest BCUT2D eigenvalue weighted by Crippen LogP contribution is 2.21. The number of amides is 4. The van der Waals surface area contributed by atoms with Gasteiger partial charge in [0.25, 0.3) is 11.8 Å². The largest absolute Gasteiger partial charge is 0.352 e. The molecule has 0 bridgehead atoms. The van der Waals surface area contributed by atoms with Gasteiger partial charge in [-0.3, -0.25) is 9.59 Å². The highest BCUT2D eigenvalue weighted by atomic mass is 16.2. The van der Waals surface area contributed by atoms with Crippen LogP contribution in [0, 0.1) is 0 Å². The second-order valence-electron chi connectivity index (χ2n) is 7.80. The van der Waals surface area contributed by atoms with Crippen LogP contribution in [0.5, 0.6) is 0 Å². The zero-order valence-electron chi connectivity index (χ0n) is 17.9. The lowest BCUT2D eigenvalue weighted by molar-refractivity contribution is 0.0519. The van der Waals surface area contributed by atoms with Crippen molar-refractivity contribution in [3.05, 3.63) is 71.3 Å². The molecule has 1 saturated heterocycles. The molecule has 2 aromatic rings. The lowest BCUT2D eigenvalue weighted by Crippen LogP contribution is -2.49. The first-order valence-corrected chi connectivity index (χ1v) is 10.8. The highest BCUT2D eigenvalue weighted by molar-refractivity contribution is 5.95. The average Bonchev–Trinajstić information content (AvgIpc) is 2.81. The van der Waals surface area contributed by atoms with Gasteiger partial charge < -0.3 is 20.9 Å². The first-order chi connectivity index (χ1) is 15.0. The number of benzene rings is 2. The lowest BCUT2D eigenvalue weighted by Gasteiger charge is -2.38. The number of nitrogens with two attached hydrogens (primary N) is 1. The van der Waals surface area contributed by atoms with E-state index in [2.05, 4.69) is 12.2 Å². The summed E-state index contributed by atoms with van der Waals surface area (Å²) in [5.74, 6) is 0.0525. The molecule has 0 saturated carbocycles. The van der Waals surface area contributed by atoms with E-state index in [1.165, 1.54) is 0 Å². The fourth-order valence-electron chi connectivity index (χ4n) is 3.95. The predicted molar refractivity (Wildman–Crippen MR) is 120 cm³/mol. The molecule has 0 aliphatic carbocycles. The number of nitrogens with zero attached hydrogens (tertiary/aromatic N) is 2. The van der Waals surface area contributed by atoms with Crippen molar-refractivity contribution in [1.82, 2.24) is 15.1 Å². The second kappa shape index (κ2) is 10.6. The van der Waals surface area contributed by atoms with Crippen molar-refractivity contribution < 1.29 is 14.4 Å². The van der Waals surface area contributed by atoms with E-state index < -0.39 is 6.03 Å². The monoisotopic (exact) mass is 422 g/mol. The van der Waals surface area contributed by atoms with E-state index in [1.54, 1.807) is 12.1 Å². The van der Waals surface area contributed by atoms with Crippen LogP contribution in [0.1, 0.15) is 52.5 Å². The number of nitrogens with one attached hydrogen (secondary N) is 1. The minimum Gasteiger partial charge on any atom is -0.352 e. The number of rotatable bonds is 7. The molecule has 0 aromatic heterocycles. The van der Waals surface area contributed by atoms with Crippen molar-refractivity contribution in [1.29, 1.82) is 0 Å². The molecule has 0 unspecified atom stereocenters. The minimum absolute atomic E-state index is 0.00379. The maximum atomic E-state index is 13.2. The van der Waals surface area contributed by atoms with Crippen molar-refractivity contribution in [2.24, 2.45) is 5.73 Å². The molecule has 1 aliphatic heterocycles. The maximum absolute atomic E-state index is 13.2. The Morgan fingerprint density at radius 2 is 1.65 bits per heavy atom. The molecule has 7 nitrogen and oxygen atoms in total. The topological polar surface area (TPSA) is 95.7 Å². The standard InChI is InChI=1S/C24H30N4O3/c1-2-14-28(23(30)20-10-8-18(9-11-20)17-26-24(25)31)21-12-15-27(16-13-21)22(29)19-6-4-3-5-7-19/h3-11,21H,2,12-17H2,1H3,(H3,25,26,31). The molecule has 3 N–H and O–H groups in total. The van der Waals surface area contributed by atoms with Gasteiger partial charge in [0, 0.05) is 43.3 Å². The van der Waals surface area contributed by atoms with Gasteiger partial charge in [0.15, 0.2) is 0 Å². The van der Waals surface area contributed by atoms with E-state index in [4.69, 9.17) is 5.73 Å². The van der Waals surface area contributed by atoms with Gasteiger partial charge in [-0.2, -0.15) is 0 Å². The normalized spacial score (nSPS) is 14.2. The van der Waals surface area contributed by atoms with Gasteiger partial charge in [0.2, 0.25) is 0 Å². The number of hydrogen-bond donors (Lipinski definition) is 2. The van der Waals surface area contributed by atoms with Gasteiger partial charge >= 0.3 is 6.03 Å². The average molecular weight is 423 g/mol. The third-order valence-corrected chi connectivity index (χ3v) is 5.61. The maximum Gasteiger partial charge on any atom is 0.312 e. The van der Waals surface area contributed by atoms with Crippen molar-refractivity contribution in [3.63, 3.8) is 0 Å². The van der Waals surface area contributed by atoms with Crippen molar-refractivity contribution in [2.45, 2.75) is 38.8 Å². The third-order valence-electron chi connectivity index (χ3n) is 5.61. The Kier molecular flexibility index (Phi) is 7.65. The minimum atomic E-state index is -0.577. The zero-order valence-corrected chi connectivity index (χ0v) is 17.9. The molecule has 1 fully saturated rings. The molecule has 3 rings (SSSR count). The summed E-state index contributed by atoms with van der Waals surface area (Å²) in [6.45, 7) is 4.36. The smallest absolute Gasteiger partial charge is 0.312 e. The number of carbonyl (C=O) groups is 3. The Morgan fingerprint density at radius 3 is 2.23 bits per heavy atom. The number of carbonyl (C=O) groups excluding carboxylic acids is 3. The van der Waals surface area contributed by atoms with Gasteiger partial charge in [-0.1, -0.05) is 37.3 Å². The van der Waals surface area contributed by atoms with E-state index in [1.807, 2.05) is 52.3 Å². The third kappa shape index (κ3) is 5.84. The molecule has 1 aliphatic rings. The van der Waals surface area contributed by atoms with Crippen LogP contribution < -0.4 is 11.1 Å². The SMILES string of the molecule is CCCN(C(=O)c1ccc(CNC(N)=O)cc1)C1CCN(C(=O)c2ccccc2)CC1.